The minimum Gasteiger partial charge on any atom is -0.491 e. The third-order valence-electron chi connectivity index (χ3n) is 2.41. The van der Waals surface area contributed by atoms with Crippen molar-refractivity contribution >= 4 is 0 Å². The molecule has 0 aliphatic carbocycles. The van der Waals surface area contributed by atoms with Gasteiger partial charge in [0.05, 0.1) is 12.7 Å². The topological polar surface area (TPSA) is 38.7 Å². The van der Waals surface area contributed by atoms with Crippen LogP contribution in [0.1, 0.15) is 25.0 Å². The first-order chi connectivity index (χ1) is 8.92. The summed E-state index contributed by atoms with van der Waals surface area (Å²) in [4.78, 5) is 0. The molecule has 0 fully saturated rings. The average molecular weight is 278 g/mol. The number of aliphatic hydroxyl groups excluding tert-OH is 1. The SMILES string of the molecule is CC[C@@H](O)c1ccc(OCCOCC(F)(F)F)cc1. The van der Waals surface area contributed by atoms with Crippen molar-refractivity contribution in [1.82, 2.24) is 0 Å². The fourth-order valence-electron chi connectivity index (χ4n) is 1.43. The minimum absolute atomic E-state index is 0.0474. The molecule has 6 heteroatoms. The highest BCUT2D eigenvalue weighted by molar-refractivity contribution is 5.28. The largest absolute Gasteiger partial charge is 0.491 e. The van der Waals surface area contributed by atoms with Crippen LogP contribution in [-0.2, 0) is 4.74 Å². The van der Waals surface area contributed by atoms with Gasteiger partial charge >= 0.3 is 6.18 Å². The van der Waals surface area contributed by atoms with E-state index in [4.69, 9.17) is 4.74 Å². The maximum absolute atomic E-state index is 11.8. The van der Waals surface area contributed by atoms with E-state index in [1.807, 2.05) is 6.92 Å². The van der Waals surface area contributed by atoms with Crippen molar-refractivity contribution in [3.63, 3.8) is 0 Å². The van der Waals surface area contributed by atoms with Gasteiger partial charge in [0.2, 0.25) is 0 Å². The molecule has 19 heavy (non-hydrogen) atoms. The number of halogens is 3. The number of benzene rings is 1. The Morgan fingerprint density at radius 2 is 1.79 bits per heavy atom. The van der Waals surface area contributed by atoms with Crippen molar-refractivity contribution < 1.29 is 27.8 Å². The number of rotatable bonds is 7. The van der Waals surface area contributed by atoms with Gasteiger partial charge in [0, 0.05) is 0 Å². The van der Waals surface area contributed by atoms with Crippen LogP contribution in [0.3, 0.4) is 0 Å². The lowest BCUT2D eigenvalue weighted by atomic mass is 10.1. The van der Waals surface area contributed by atoms with E-state index in [9.17, 15) is 18.3 Å². The number of hydrogen-bond acceptors (Lipinski definition) is 3. The molecule has 0 spiro atoms. The first-order valence-electron chi connectivity index (χ1n) is 5.97. The number of hydrogen-bond donors (Lipinski definition) is 1. The lowest BCUT2D eigenvalue weighted by Gasteiger charge is -2.11. The molecule has 0 aromatic heterocycles. The number of ether oxygens (including phenoxy) is 2. The highest BCUT2D eigenvalue weighted by Gasteiger charge is 2.27. The van der Waals surface area contributed by atoms with Crippen LogP contribution < -0.4 is 4.74 Å². The zero-order chi connectivity index (χ0) is 14.3. The summed E-state index contributed by atoms with van der Waals surface area (Å²) >= 11 is 0. The predicted octanol–water partition coefficient (Wildman–Crippen LogP) is 3.09. The van der Waals surface area contributed by atoms with Crippen LogP contribution in [0.4, 0.5) is 13.2 Å². The van der Waals surface area contributed by atoms with Crippen LogP contribution in [0.5, 0.6) is 5.75 Å². The van der Waals surface area contributed by atoms with Crippen LogP contribution in [0, 0.1) is 0 Å². The summed E-state index contributed by atoms with van der Waals surface area (Å²) in [5.74, 6) is 0.530. The molecule has 1 aromatic carbocycles. The summed E-state index contributed by atoms with van der Waals surface area (Å²) in [6.07, 6.45) is -4.20. The molecule has 0 bridgehead atoms. The molecule has 0 heterocycles. The first-order valence-corrected chi connectivity index (χ1v) is 5.97. The zero-order valence-corrected chi connectivity index (χ0v) is 10.6. The van der Waals surface area contributed by atoms with Crippen LogP contribution in [-0.4, -0.2) is 31.1 Å². The Bertz CT molecular complexity index is 362. The van der Waals surface area contributed by atoms with Gasteiger partial charge in [0.25, 0.3) is 0 Å². The standard InChI is InChI=1S/C13H17F3O3/c1-2-12(17)10-3-5-11(6-4-10)19-8-7-18-9-13(14,15)16/h3-6,12,17H,2,7-9H2,1H3/t12-/m1/s1. The highest BCUT2D eigenvalue weighted by atomic mass is 19.4. The molecular weight excluding hydrogens is 261 g/mol. The van der Waals surface area contributed by atoms with Gasteiger partial charge in [0.15, 0.2) is 0 Å². The Balaban J connectivity index is 2.27. The molecule has 0 radical (unpaired) electrons. The van der Waals surface area contributed by atoms with Crippen LogP contribution in [0.15, 0.2) is 24.3 Å². The Morgan fingerprint density at radius 1 is 1.16 bits per heavy atom. The van der Waals surface area contributed by atoms with Gasteiger partial charge in [-0.2, -0.15) is 13.2 Å². The zero-order valence-electron chi connectivity index (χ0n) is 10.6. The highest BCUT2D eigenvalue weighted by Crippen LogP contribution is 2.19. The second kappa shape index (κ2) is 7.35. The Kier molecular flexibility index (Phi) is 6.11. The molecule has 1 atom stereocenters. The van der Waals surface area contributed by atoms with Crippen LogP contribution in [0.2, 0.25) is 0 Å². The molecule has 1 rings (SSSR count). The fourth-order valence-corrected chi connectivity index (χ4v) is 1.43. The van der Waals surface area contributed by atoms with Crippen molar-refractivity contribution in [2.24, 2.45) is 0 Å². The Hall–Kier alpha value is -1.27. The molecule has 1 aromatic rings. The summed E-state index contributed by atoms with van der Waals surface area (Å²) in [5, 5.41) is 9.58. The number of alkyl halides is 3. The smallest absolute Gasteiger partial charge is 0.411 e. The summed E-state index contributed by atoms with van der Waals surface area (Å²) in [6, 6.07) is 6.77. The minimum atomic E-state index is -4.31. The molecule has 3 nitrogen and oxygen atoms in total. The van der Waals surface area contributed by atoms with E-state index in [0.717, 1.165) is 5.56 Å². The second-order valence-electron chi connectivity index (χ2n) is 4.01. The summed E-state index contributed by atoms with van der Waals surface area (Å²) in [5.41, 5.74) is 0.781. The van der Waals surface area contributed by atoms with E-state index < -0.39 is 18.9 Å². The molecule has 0 aliphatic rings. The monoisotopic (exact) mass is 278 g/mol. The molecule has 0 aliphatic heterocycles. The average Bonchev–Trinajstić information content (AvgIpc) is 2.37. The summed E-state index contributed by atoms with van der Waals surface area (Å²) in [6.45, 7) is 0.523. The first kappa shape index (κ1) is 15.8. The van der Waals surface area contributed by atoms with Gasteiger partial charge in [-0.05, 0) is 24.1 Å². The van der Waals surface area contributed by atoms with E-state index in [1.54, 1.807) is 24.3 Å². The van der Waals surface area contributed by atoms with Crippen molar-refractivity contribution in [1.29, 1.82) is 0 Å². The van der Waals surface area contributed by atoms with Gasteiger partial charge in [0.1, 0.15) is 19.0 Å². The lowest BCUT2D eigenvalue weighted by Crippen LogP contribution is -2.19. The molecule has 0 saturated carbocycles. The Morgan fingerprint density at radius 3 is 2.32 bits per heavy atom. The van der Waals surface area contributed by atoms with Gasteiger partial charge in [-0.1, -0.05) is 19.1 Å². The third-order valence-corrected chi connectivity index (χ3v) is 2.41. The van der Waals surface area contributed by atoms with E-state index in [1.165, 1.54) is 0 Å². The molecular formula is C13H17F3O3. The van der Waals surface area contributed by atoms with Crippen molar-refractivity contribution in [3.05, 3.63) is 29.8 Å². The van der Waals surface area contributed by atoms with E-state index in [0.29, 0.717) is 12.2 Å². The molecule has 0 unspecified atom stereocenters. The van der Waals surface area contributed by atoms with Crippen molar-refractivity contribution in [2.45, 2.75) is 25.6 Å². The maximum atomic E-state index is 11.8. The quantitative estimate of drug-likeness (QED) is 0.779. The van der Waals surface area contributed by atoms with Gasteiger partial charge in [-0.25, -0.2) is 0 Å². The van der Waals surface area contributed by atoms with E-state index >= 15 is 0 Å². The van der Waals surface area contributed by atoms with E-state index in [2.05, 4.69) is 4.74 Å². The molecule has 0 amide bonds. The number of aliphatic hydroxyl groups is 1. The van der Waals surface area contributed by atoms with Gasteiger partial charge in [-0.3, -0.25) is 0 Å². The second-order valence-corrected chi connectivity index (χ2v) is 4.01. The predicted molar refractivity (Wildman–Crippen MR) is 64.1 cm³/mol. The normalized spacial score (nSPS) is 13.3. The third kappa shape index (κ3) is 6.45. The fraction of sp³-hybridized carbons (Fsp3) is 0.538. The van der Waals surface area contributed by atoms with Crippen LogP contribution >= 0.6 is 0 Å². The lowest BCUT2D eigenvalue weighted by molar-refractivity contribution is -0.175. The molecule has 1 N–H and O–H groups in total. The Labute approximate surface area is 110 Å². The van der Waals surface area contributed by atoms with Crippen LogP contribution in [0.25, 0.3) is 0 Å². The van der Waals surface area contributed by atoms with Crippen molar-refractivity contribution in [2.75, 3.05) is 19.8 Å². The van der Waals surface area contributed by atoms with Crippen molar-refractivity contribution in [3.8, 4) is 5.75 Å². The van der Waals surface area contributed by atoms with Gasteiger partial charge < -0.3 is 14.6 Å². The van der Waals surface area contributed by atoms with E-state index in [-0.39, 0.29) is 13.2 Å². The molecule has 108 valence electrons. The van der Waals surface area contributed by atoms with Gasteiger partial charge in [-0.15, -0.1) is 0 Å². The summed E-state index contributed by atoms with van der Waals surface area (Å²) < 4.78 is 44.9. The maximum Gasteiger partial charge on any atom is 0.411 e. The summed E-state index contributed by atoms with van der Waals surface area (Å²) in [7, 11) is 0. The molecule has 0 saturated heterocycles.